The third kappa shape index (κ3) is 3.68. The highest BCUT2D eigenvalue weighted by Crippen LogP contribution is 2.28. The number of aromatic nitrogens is 3. The van der Waals surface area contributed by atoms with Gasteiger partial charge in [0.1, 0.15) is 12.1 Å². The molecule has 2 aromatic heterocycles. The lowest BCUT2D eigenvalue weighted by atomic mass is 10.1. The van der Waals surface area contributed by atoms with Gasteiger partial charge in [0, 0.05) is 36.6 Å². The van der Waals surface area contributed by atoms with E-state index in [1.807, 2.05) is 37.3 Å². The third-order valence-corrected chi connectivity index (χ3v) is 5.70. The van der Waals surface area contributed by atoms with Crippen LogP contribution in [0.4, 0.5) is 5.69 Å². The predicted molar refractivity (Wildman–Crippen MR) is 123 cm³/mol. The van der Waals surface area contributed by atoms with Crippen LogP contribution in [-0.2, 0) is 25.4 Å². The van der Waals surface area contributed by atoms with Crippen molar-refractivity contribution in [3.8, 4) is 11.1 Å². The largest absolute Gasteiger partial charge is 0.344 e. The van der Waals surface area contributed by atoms with Crippen LogP contribution in [0.3, 0.4) is 0 Å². The maximum Gasteiger partial charge on any atom is 0.331 e. The lowest BCUT2D eigenvalue weighted by Gasteiger charge is -2.13. The first-order chi connectivity index (χ1) is 14.8. The van der Waals surface area contributed by atoms with Crippen molar-refractivity contribution in [1.29, 1.82) is 0 Å². The fourth-order valence-electron chi connectivity index (χ4n) is 3.65. The number of halogens is 1. The molecule has 7 nitrogen and oxygen atoms in total. The zero-order valence-electron chi connectivity index (χ0n) is 17.3. The van der Waals surface area contributed by atoms with Crippen LogP contribution in [0, 0.1) is 6.92 Å². The number of rotatable bonds is 4. The van der Waals surface area contributed by atoms with E-state index in [0.29, 0.717) is 27.3 Å². The number of hydrogen-bond donors (Lipinski definition) is 1. The summed E-state index contributed by atoms with van der Waals surface area (Å²) in [6, 6.07) is 14.7. The number of hydrogen-bond acceptors (Lipinski definition) is 3. The quantitative estimate of drug-likeness (QED) is 0.533. The van der Waals surface area contributed by atoms with Crippen molar-refractivity contribution in [2.24, 2.45) is 14.1 Å². The molecule has 0 radical (unpaired) electrons. The summed E-state index contributed by atoms with van der Waals surface area (Å²) in [4.78, 5) is 38.6. The summed E-state index contributed by atoms with van der Waals surface area (Å²) in [6.07, 6.45) is 1.80. The van der Waals surface area contributed by atoms with Crippen LogP contribution in [0.15, 0.2) is 64.3 Å². The van der Waals surface area contributed by atoms with Gasteiger partial charge in [-0.05, 0) is 30.2 Å². The molecule has 0 fully saturated rings. The highest BCUT2D eigenvalue weighted by Gasteiger charge is 2.20. The van der Waals surface area contributed by atoms with Gasteiger partial charge in [-0.1, -0.05) is 48.0 Å². The number of carbonyl (C=O) groups is 1. The van der Waals surface area contributed by atoms with Gasteiger partial charge in [0.15, 0.2) is 0 Å². The number of benzene rings is 2. The molecule has 4 aromatic rings. The molecule has 31 heavy (non-hydrogen) atoms. The van der Waals surface area contributed by atoms with Crippen molar-refractivity contribution in [3.63, 3.8) is 0 Å². The van der Waals surface area contributed by atoms with Crippen LogP contribution in [0.25, 0.3) is 22.2 Å². The molecule has 0 spiro atoms. The van der Waals surface area contributed by atoms with Gasteiger partial charge >= 0.3 is 5.69 Å². The standard InChI is InChI=1S/C23H21ClN4O3/c1-14-9-10-16(11-18(14)24)25-19(29)13-28-20-17(15-7-5-4-6-8-15)12-26(2)21(20)22(30)27(3)23(28)31/h4-12H,13H2,1-3H3,(H,25,29). The number of amides is 1. The van der Waals surface area contributed by atoms with Crippen LogP contribution in [0.5, 0.6) is 0 Å². The van der Waals surface area contributed by atoms with E-state index in [0.717, 1.165) is 15.7 Å². The fourth-order valence-corrected chi connectivity index (χ4v) is 3.83. The van der Waals surface area contributed by atoms with Crippen LogP contribution in [0.2, 0.25) is 5.02 Å². The summed E-state index contributed by atoms with van der Waals surface area (Å²) in [5.74, 6) is -0.398. The van der Waals surface area contributed by atoms with E-state index in [-0.39, 0.29) is 6.54 Å². The van der Waals surface area contributed by atoms with Crippen molar-refractivity contribution in [2.45, 2.75) is 13.5 Å². The molecular weight excluding hydrogens is 416 g/mol. The van der Waals surface area contributed by atoms with Gasteiger partial charge in [-0.3, -0.25) is 18.7 Å². The Balaban J connectivity index is 1.85. The van der Waals surface area contributed by atoms with Gasteiger partial charge in [-0.25, -0.2) is 4.79 Å². The number of carbonyl (C=O) groups excluding carboxylic acids is 1. The fraction of sp³-hybridized carbons (Fsp3) is 0.174. The minimum Gasteiger partial charge on any atom is -0.344 e. The minimum atomic E-state index is -0.557. The van der Waals surface area contributed by atoms with Crippen molar-refractivity contribution in [2.75, 3.05) is 5.32 Å². The van der Waals surface area contributed by atoms with E-state index >= 15 is 0 Å². The average Bonchev–Trinajstić information content (AvgIpc) is 3.10. The second kappa shape index (κ2) is 7.92. The summed E-state index contributed by atoms with van der Waals surface area (Å²) in [6.45, 7) is 1.62. The zero-order valence-corrected chi connectivity index (χ0v) is 18.1. The Hall–Kier alpha value is -3.58. The molecule has 0 aliphatic heterocycles. The van der Waals surface area contributed by atoms with Crippen molar-refractivity contribution in [3.05, 3.63) is 86.2 Å². The van der Waals surface area contributed by atoms with Crippen molar-refractivity contribution >= 4 is 34.2 Å². The SMILES string of the molecule is Cc1ccc(NC(=O)Cn2c(=O)n(C)c(=O)c3c2c(-c2ccccc2)cn3C)cc1Cl. The smallest absolute Gasteiger partial charge is 0.331 e. The first-order valence-electron chi connectivity index (χ1n) is 9.68. The second-order valence-corrected chi connectivity index (χ2v) is 7.87. The molecule has 4 rings (SSSR count). The molecule has 0 aliphatic rings. The summed E-state index contributed by atoms with van der Waals surface area (Å²) in [5.41, 5.74) is 2.80. The van der Waals surface area contributed by atoms with E-state index in [1.54, 1.807) is 36.0 Å². The predicted octanol–water partition coefficient (Wildman–Crippen LogP) is 3.31. The van der Waals surface area contributed by atoms with Gasteiger partial charge in [0.2, 0.25) is 5.91 Å². The number of anilines is 1. The maximum atomic E-state index is 13.0. The van der Waals surface area contributed by atoms with Crippen LogP contribution in [-0.4, -0.2) is 19.6 Å². The van der Waals surface area contributed by atoms with Crippen LogP contribution >= 0.6 is 11.6 Å². The molecule has 0 atom stereocenters. The Labute approximate surface area is 183 Å². The normalized spacial score (nSPS) is 11.1. The molecule has 0 saturated heterocycles. The maximum absolute atomic E-state index is 13.0. The van der Waals surface area contributed by atoms with E-state index in [1.165, 1.54) is 11.6 Å². The topological polar surface area (TPSA) is 78.0 Å². The highest BCUT2D eigenvalue weighted by molar-refractivity contribution is 6.31. The molecule has 1 N–H and O–H groups in total. The van der Waals surface area contributed by atoms with Gasteiger partial charge in [0.05, 0.1) is 5.52 Å². The first-order valence-corrected chi connectivity index (χ1v) is 10.1. The summed E-state index contributed by atoms with van der Waals surface area (Å²) < 4.78 is 4.05. The summed E-state index contributed by atoms with van der Waals surface area (Å²) in [5, 5.41) is 3.31. The van der Waals surface area contributed by atoms with E-state index in [4.69, 9.17) is 11.6 Å². The Morgan fingerprint density at radius 3 is 2.42 bits per heavy atom. The molecule has 0 aliphatic carbocycles. The second-order valence-electron chi connectivity index (χ2n) is 7.46. The number of nitrogens with zero attached hydrogens (tertiary/aromatic N) is 3. The lowest BCUT2D eigenvalue weighted by molar-refractivity contribution is -0.116. The van der Waals surface area contributed by atoms with Gasteiger partial charge in [-0.2, -0.15) is 0 Å². The van der Waals surface area contributed by atoms with Gasteiger partial charge < -0.3 is 9.88 Å². The molecule has 1 amide bonds. The minimum absolute atomic E-state index is 0.251. The lowest BCUT2D eigenvalue weighted by Crippen LogP contribution is -2.40. The molecule has 158 valence electrons. The van der Waals surface area contributed by atoms with Crippen molar-refractivity contribution in [1.82, 2.24) is 13.7 Å². The summed E-state index contributed by atoms with van der Waals surface area (Å²) >= 11 is 6.14. The van der Waals surface area contributed by atoms with Crippen molar-refractivity contribution < 1.29 is 4.79 Å². The Morgan fingerprint density at radius 2 is 1.74 bits per heavy atom. The monoisotopic (exact) mass is 436 g/mol. The summed E-state index contributed by atoms with van der Waals surface area (Å²) in [7, 11) is 3.16. The van der Waals surface area contributed by atoms with E-state index in [2.05, 4.69) is 5.32 Å². The Bertz CT molecular complexity index is 1430. The third-order valence-electron chi connectivity index (χ3n) is 5.29. The van der Waals surface area contributed by atoms with Gasteiger partial charge in [-0.15, -0.1) is 0 Å². The molecule has 0 bridgehead atoms. The number of nitrogens with one attached hydrogen (secondary N) is 1. The first kappa shape index (κ1) is 20.7. The van der Waals surface area contributed by atoms with Crippen LogP contribution < -0.4 is 16.6 Å². The van der Waals surface area contributed by atoms with Crippen LogP contribution in [0.1, 0.15) is 5.56 Å². The number of aryl methyl sites for hydroxylation is 2. The Kier molecular flexibility index (Phi) is 5.29. The molecule has 0 saturated carbocycles. The molecular formula is C23H21ClN4O3. The van der Waals surface area contributed by atoms with E-state index in [9.17, 15) is 14.4 Å². The average molecular weight is 437 g/mol. The number of fused-ring (bicyclic) bond motifs is 1. The molecule has 8 heteroatoms. The molecule has 0 unspecified atom stereocenters. The highest BCUT2D eigenvalue weighted by atomic mass is 35.5. The zero-order chi connectivity index (χ0) is 22.3. The van der Waals surface area contributed by atoms with Gasteiger partial charge in [0.25, 0.3) is 5.56 Å². The molecule has 2 aromatic carbocycles. The molecule has 2 heterocycles. The Morgan fingerprint density at radius 1 is 1.03 bits per heavy atom. The van der Waals surface area contributed by atoms with E-state index < -0.39 is 17.2 Å².